The molecule has 1 heterocycles. The maximum absolute atomic E-state index is 12.6. The minimum Gasteiger partial charge on any atom is -0.497 e. The van der Waals surface area contributed by atoms with E-state index in [-0.39, 0.29) is 11.8 Å². The van der Waals surface area contributed by atoms with Crippen molar-refractivity contribution in [3.8, 4) is 5.75 Å². The molecule has 3 aromatic rings. The highest BCUT2D eigenvalue weighted by atomic mass is 32.1. The number of carbonyl (C=O) groups excluding carboxylic acids is 1. The first-order valence-corrected chi connectivity index (χ1v) is 9.17. The highest BCUT2D eigenvalue weighted by molar-refractivity contribution is 7.15. The number of hydrogen-bond donors (Lipinski definition) is 1. The predicted octanol–water partition coefficient (Wildman–Crippen LogP) is 4.32. The van der Waals surface area contributed by atoms with Crippen molar-refractivity contribution >= 4 is 33.1 Å². The molecule has 1 saturated carbocycles. The van der Waals surface area contributed by atoms with Gasteiger partial charge in [0.25, 0.3) is 0 Å². The van der Waals surface area contributed by atoms with Crippen LogP contribution in [0.5, 0.6) is 5.75 Å². The molecular weight excluding hydrogens is 334 g/mol. The molecule has 0 saturated heterocycles. The summed E-state index contributed by atoms with van der Waals surface area (Å²) in [6.07, 6.45) is 2.36. The van der Waals surface area contributed by atoms with E-state index in [1.54, 1.807) is 7.11 Å². The van der Waals surface area contributed by atoms with Crippen LogP contribution in [0.4, 0.5) is 5.13 Å². The second kappa shape index (κ2) is 6.44. The first-order chi connectivity index (χ1) is 12.1. The SMILES string of the molecule is COc1ccc2cc(C(C)C(=O)Nc3nnc(C4CC4)s3)ccc2c1. The lowest BCUT2D eigenvalue weighted by atomic mass is 9.97. The Hall–Kier alpha value is -2.47. The smallest absolute Gasteiger partial charge is 0.233 e. The van der Waals surface area contributed by atoms with Gasteiger partial charge >= 0.3 is 0 Å². The lowest BCUT2D eigenvalue weighted by Crippen LogP contribution is -2.18. The molecule has 4 rings (SSSR count). The fourth-order valence-electron chi connectivity index (χ4n) is 2.78. The van der Waals surface area contributed by atoms with Gasteiger partial charge < -0.3 is 10.1 Å². The topological polar surface area (TPSA) is 64.1 Å². The molecule has 25 heavy (non-hydrogen) atoms. The van der Waals surface area contributed by atoms with E-state index in [9.17, 15) is 4.79 Å². The lowest BCUT2D eigenvalue weighted by Gasteiger charge is -2.12. The molecule has 0 bridgehead atoms. The normalized spacial score (nSPS) is 15.1. The molecule has 128 valence electrons. The third-order valence-electron chi connectivity index (χ3n) is 4.56. The molecule has 1 aliphatic rings. The van der Waals surface area contributed by atoms with Crippen molar-refractivity contribution in [1.29, 1.82) is 0 Å². The summed E-state index contributed by atoms with van der Waals surface area (Å²) in [6, 6.07) is 12.0. The Labute approximate surface area is 150 Å². The third-order valence-corrected chi connectivity index (χ3v) is 5.56. The Bertz CT molecular complexity index is 933. The quantitative estimate of drug-likeness (QED) is 0.742. The average molecular weight is 353 g/mol. The molecule has 0 radical (unpaired) electrons. The number of fused-ring (bicyclic) bond motifs is 1. The van der Waals surface area contributed by atoms with E-state index < -0.39 is 0 Å². The van der Waals surface area contributed by atoms with Gasteiger partial charge in [-0.1, -0.05) is 35.6 Å². The summed E-state index contributed by atoms with van der Waals surface area (Å²) >= 11 is 1.48. The fraction of sp³-hybridized carbons (Fsp3) is 0.316. The zero-order valence-corrected chi connectivity index (χ0v) is 15.0. The second-order valence-corrected chi connectivity index (χ2v) is 7.41. The van der Waals surface area contributed by atoms with E-state index >= 15 is 0 Å². The fourth-order valence-corrected chi connectivity index (χ4v) is 3.70. The number of carbonyl (C=O) groups is 1. The second-order valence-electron chi connectivity index (χ2n) is 6.40. The zero-order valence-electron chi connectivity index (χ0n) is 14.2. The van der Waals surface area contributed by atoms with Gasteiger partial charge in [-0.15, -0.1) is 10.2 Å². The van der Waals surface area contributed by atoms with Crippen LogP contribution in [-0.4, -0.2) is 23.2 Å². The molecule has 2 aromatic carbocycles. The molecule has 0 spiro atoms. The van der Waals surface area contributed by atoms with Gasteiger partial charge in [-0.2, -0.15) is 0 Å². The average Bonchev–Trinajstić information content (AvgIpc) is 3.39. The number of aromatic nitrogens is 2. The highest BCUT2D eigenvalue weighted by Crippen LogP contribution is 2.42. The number of nitrogens with zero attached hydrogens (tertiary/aromatic N) is 2. The summed E-state index contributed by atoms with van der Waals surface area (Å²) in [7, 11) is 1.66. The van der Waals surface area contributed by atoms with E-state index in [1.165, 1.54) is 24.2 Å². The Kier molecular flexibility index (Phi) is 4.13. The maximum Gasteiger partial charge on any atom is 0.233 e. The van der Waals surface area contributed by atoms with Gasteiger partial charge in [0.05, 0.1) is 13.0 Å². The number of rotatable bonds is 5. The van der Waals surface area contributed by atoms with E-state index in [4.69, 9.17) is 4.74 Å². The van der Waals surface area contributed by atoms with Gasteiger partial charge in [0, 0.05) is 5.92 Å². The van der Waals surface area contributed by atoms with Crippen molar-refractivity contribution in [2.24, 2.45) is 0 Å². The van der Waals surface area contributed by atoms with Gasteiger partial charge in [-0.3, -0.25) is 4.79 Å². The van der Waals surface area contributed by atoms with Crippen LogP contribution >= 0.6 is 11.3 Å². The van der Waals surface area contributed by atoms with Crippen LogP contribution in [-0.2, 0) is 4.79 Å². The van der Waals surface area contributed by atoms with Crippen LogP contribution in [0.1, 0.15) is 42.2 Å². The van der Waals surface area contributed by atoms with E-state index in [2.05, 4.69) is 21.6 Å². The molecule has 0 aliphatic heterocycles. The number of methoxy groups -OCH3 is 1. The Morgan fingerprint density at radius 3 is 2.72 bits per heavy atom. The Balaban J connectivity index is 1.51. The summed E-state index contributed by atoms with van der Waals surface area (Å²) < 4.78 is 5.25. The largest absolute Gasteiger partial charge is 0.497 e. The molecule has 1 aromatic heterocycles. The number of amides is 1. The van der Waals surface area contributed by atoms with Crippen LogP contribution in [0, 0.1) is 0 Å². The summed E-state index contributed by atoms with van der Waals surface area (Å²) in [4.78, 5) is 12.6. The van der Waals surface area contributed by atoms with E-state index in [1.807, 2.05) is 37.3 Å². The molecule has 1 N–H and O–H groups in total. The van der Waals surface area contributed by atoms with Crippen LogP contribution in [0.25, 0.3) is 10.8 Å². The van der Waals surface area contributed by atoms with Crippen molar-refractivity contribution in [3.05, 3.63) is 47.0 Å². The van der Waals surface area contributed by atoms with E-state index in [0.29, 0.717) is 11.0 Å². The predicted molar refractivity (Wildman–Crippen MR) is 99.4 cm³/mol. The Morgan fingerprint density at radius 2 is 1.96 bits per heavy atom. The van der Waals surface area contributed by atoms with Crippen LogP contribution in [0.15, 0.2) is 36.4 Å². The molecule has 1 aliphatic carbocycles. The minimum absolute atomic E-state index is 0.0636. The van der Waals surface area contributed by atoms with Crippen LogP contribution < -0.4 is 10.1 Å². The van der Waals surface area contributed by atoms with Gasteiger partial charge in [0.15, 0.2) is 0 Å². The van der Waals surface area contributed by atoms with Crippen molar-refractivity contribution in [1.82, 2.24) is 10.2 Å². The summed E-state index contributed by atoms with van der Waals surface area (Å²) in [5.41, 5.74) is 0.974. The van der Waals surface area contributed by atoms with Gasteiger partial charge in [-0.05, 0) is 48.2 Å². The molecule has 1 amide bonds. The molecule has 1 fully saturated rings. The van der Waals surface area contributed by atoms with Crippen molar-refractivity contribution < 1.29 is 9.53 Å². The Morgan fingerprint density at radius 1 is 1.20 bits per heavy atom. The minimum atomic E-state index is -0.264. The highest BCUT2D eigenvalue weighted by Gasteiger charge is 2.28. The third kappa shape index (κ3) is 3.35. The number of nitrogens with one attached hydrogen (secondary N) is 1. The van der Waals surface area contributed by atoms with Crippen molar-refractivity contribution in [2.75, 3.05) is 12.4 Å². The van der Waals surface area contributed by atoms with Crippen molar-refractivity contribution in [3.63, 3.8) is 0 Å². The molecule has 5 nitrogen and oxygen atoms in total. The zero-order chi connectivity index (χ0) is 17.4. The molecule has 6 heteroatoms. The monoisotopic (exact) mass is 353 g/mol. The van der Waals surface area contributed by atoms with Crippen LogP contribution in [0.3, 0.4) is 0 Å². The first-order valence-electron chi connectivity index (χ1n) is 8.36. The summed E-state index contributed by atoms with van der Waals surface area (Å²) in [6.45, 7) is 1.91. The summed E-state index contributed by atoms with van der Waals surface area (Å²) in [5, 5.41) is 14.9. The van der Waals surface area contributed by atoms with Gasteiger partial charge in [0.2, 0.25) is 11.0 Å². The number of benzene rings is 2. The number of ether oxygens (including phenoxy) is 1. The van der Waals surface area contributed by atoms with Gasteiger partial charge in [0.1, 0.15) is 10.8 Å². The number of anilines is 1. The first kappa shape index (κ1) is 16.0. The summed E-state index contributed by atoms with van der Waals surface area (Å²) in [5.74, 6) is 1.05. The molecule has 1 atom stereocenters. The van der Waals surface area contributed by atoms with E-state index in [0.717, 1.165) is 27.1 Å². The lowest BCUT2D eigenvalue weighted by molar-refractivity contribution is -0.117. The standard InChI is InChI=1S/C19H19N3O2S/c1-11(17(23)20-19-22-21-18(25-19)12-3-4-12)13-5-6-15-10-16(24-2)8-7-14(15)9-13/h5-12H,3-4H2,1-2H3,(H,20,22,23). The number of hydrogen-bond acceptors (Lipinski definition) is 5. The van der Waals surface area contributed by atoms with Crippen molar-refractivity contribution in [2.45, 2.75) is 31.6 Å². The van der Waals surface area contributed by atoms with Gasteiger partial charge in [-0.25, -0.2) is 0 Å². The molecule has 1 unspecified atom stereocenters. The maximum atomic E-state index is 12.6. The molecular formula is C19H19N3O2S. The van der Waals surface area contributed by atoms with Crippen LogP contribution in [0.2, 0.25) is 0 Å².